The topological polar surface area (TPSA) is 66.6 Å². The Morgan fingerprint density at radius 3 is 2.67 bits per heavy atom. The highest BCUT2D eigenvalue weighted by Gasteiger charge is 2.30. The molecule has 1 aromatic carbocycles. The van der Waals surface area contributed by atoms with Gasteiger partial charge < -0.3 is 4.57 Å². The quantitative estimate of drug-likeness (QED) is 0.455. The predicted octanol–water partition coefficient (Wildman–Crippen LogP) is 3.83. The molecule has 0 spiro atoms. The van der Waals surface area contributed by atoms with Gasteiger partial charge in [-0.2, -0.15) is 13.2 Å². The lowest BCUT2D eigenvalue weighted by atomic mass is 10.1. The average molecular weight is 253 g/mol. The van der Waals surface area contributed by atoms with E-state index in [9.17, 15) is 13.2 Å². The molecule has 8 heteroatoms. The molecule has 0 atom stereocenters. The minimum absolute atomic E-state index is 0.106. The monoisotopic (exact) mass is 253 g/mol. The van der Waals surface area contributed by atoms with Gasteiger partial charge in [-0.1, -0.05) is 5.11 Å². The molecule has 92 valence electrons. The first-order valence-corrected chi connectivity index (χ1v) is 4.77. The molecular weight excluding hydrogens is 247 g/mol. The first-order valence-electron chi connectivity index (χ1n) is 4.77. The van der Waals surface area contributed by atoms with E-state index >= 15 is 0 Å². The third kappa shape index (κ3) is 2.28. The van der Waals surface area contributed by atoms with Gasteiger partial charge in [0.05, 0.1) is 23.3 Å². The fourth-order valence-electron chi connectivity index (χ4n) is 1.45. The maximum atomic E-state index is 12.5. The molecule has 18 heavy (non-hydrogen) atoms. The van der Waals surface area contributed by atoms with E-state index in [4.69, 9.17) is 5.53 Å². The van der Waals surface area contributed by atoms with Crippen LogP contribution in [0.5, 0.6) is 0 Å². The lowest BCUT2D eigenvalue weighted by Gasteiger charge is -2.11. The zero-order chi connectivity index (χ0) is 13.2. The molecule has 0 bridgehead atoms. The van der Waals surface area contributed by atoms with Gasteiger partial charge in [-0.05, 0) is 23.7 Å². The number of aromatic nitrogens is 2. The predicted molar refractivity (Wildman–Crippen MR) is 57.4 cm³/mol. The van der Waals surface area contributed by atoms with Crippen molar-refractivity contribution in [3.63, 3.8) is 0 Å². The smallest absolute Gasteiger partial charge is 0.306 e. The summed E-state index contributed by atoms with van der Waals surface area (Å²) in [5.74, 6) is 0. The van der Waals surface area contributed by atoms with E-state index in [-0.39, 0.29) is 5.69 Å². The zero-order valence-corrected chi connectivity index (χ0v) is 8.83. The lowest BCUT2D eigenvalue weighted by molar-refractivity contribution is -0.137. The SMILES string of the molecule is [N-]=[N+]=Nc1cc(C(F)(F)F)ccc1-n1ccnc1. The molecule has 0 aliphatic rings. The van der Waals surface area contributed by atoms with Crippen LogP contribution in [-0.2, 0) is 6.18 Å². The second kappa shape index (κ2) is 4.42. The van der Waals surface area contributed by atoms with Crippen molar-refractivity contribution in [2.75, 3.05) is 0 Å². The zero-order valence-electron chi connectivity index (χ0n) is 8.83. The van der Waals surface area contributed by atoms with Crippen LogP contribution in [0.1, 0.15) is 5.56 Å². The summed E-state index contributed by atoms with van der Waals surface area (Å²) < 4.78 is 39.0. The molecule has 0 saturated heterocycles. The number of hydrogen-bond acceptors (Lipinski definition) is 2. The second-order valence-corrected chi connectivity index (χ2v) is 3.36. The molecule has 2 aromatic rings. The van der Waals surface area contributed by atoms with Crippen molar-refractivity contribution in [1.29, 1.82) is 0 Å². The van der Waals surface area contributed by atoms with Gasteiger partial charge in [-0.15, -0.1) is 0 Å². The third-order valence-electron chi connectivity index (χ3n) is 2.24. The van der Waals surface area contributed by atoms with Crippen LogP contribution >= 0.6 is 0 Å². The summed E-state index contributed by atoms with van der Waals surface area (Å²) in [5.41, 5.74) is 7.75. The van der Waals surface area contributed by atoms with E-state index in [0.717, 1.165) is 12.1 Å². The van der Waals surface area contributed by atoms with Gasteiger partial charge in [-0.3, -0.25) is 0 Å². The van der Waals surface area contributed by atoms with Crippen molar-refractivity contribution < 1.29 is 13.2 Å². The minimum Gasteiger partial charge on any atom is -0.306 e. The van der Waals surface area contributed by atoms with E-state index in [0.29, 0.717) is 5.69 Å². The highest BCUT2D eigenvalue weighted by Crippen LogP contribution is 2.34. The normalized spacial score (nSPS) is 11.1. The molecule has 5 nitrogen and oxygen atoms in total. The van der Waals surface area contributed by atoms with Crippen molar-refractivity contribution in [1.82, 2.24) is 9.55 Å². The van der Waals surface area contributed by atoms with Crippen LogP contribution in [0.3, 0.4) is 0 Å². The first kappa shape index (κ1) is 12.0. The summed E-state index contributed by atoms with van der Waals surface area (Å²) >= 11 is 0. The second-order valence-electron chi connectivity index (χ2n) is 3.36. The molecular formula is C10H6F3N5. The molecule has 0 aliphatic carbocycles. The van der Waals surface area contributed by atoms with Gasteiger partial charge in [0.2, 0.25) is 0 Å². The molecule has 0 unspecified atom stereocenters. The summed E-state index contributed by atoms with van der Waals surface area (Å²) in [7, 11) is 0. The summed E-state index contributed by atoms with van der Waals surface area (Å²) in [5, 5.41) is 3.27. The number of halogens is 3. The van der Waals surface area contributed by atoms with Gasteiger partial charge in [0.15, 0.2) is 0 Å². The Morgan fingerprint density at radius 1 is 1.33 bits per heavy atom. The number of azide groups is 1. The highest BCUT2D eigenvalue weighted by atomic mass is 19.4. The lowest BCUT2D eigenvalue weighted by Crippen LogP contribution is -2.05. The van der Waals surface area contributed by atoms with Gasteiger partial charge in [0, 0.05) is 17.3 Å². The number of hydrogen-bond donors (Lipinski definition) is 0. The van der Waals surface area contributed by atoms with E-state index in [1.165, 1.54) is 23.2 Å². The largest absolute Gasteiger partial charge is 0.416 e. The Hall–Kier alpha value is -2.47. The molecule has 1 aromatic heterocycles. The minimum atomic E-state index is -4.48. The Balaban J connectivity index is 2.59. The van der Waals surface area contributed by atoms with Gasteiger partial charge >= 0.3 is 6.18 Å². The number of benzene rings is 1. The standard InChI is InChI=1S/C10H6F3N5/c11-10(12,13)7-1-2-9(8(5-7)16-17-14)18-4-3-15-6-18/h1-6H. The Kier molecular flexibility index (Phi) is 2.95. The molecule has 0 amide bonds. The fraction of sp³-hybridized carbons (Fsp3) is 0.100. The van der Waals surface area contributed by atoms with E-state index in [1.807, 2.05) is 0 Å². The van der Waals surface area contributed by atoms with Gasteiger partial charge in [0.25, 0.3) is 0 Å². The molecule has 0 aliphatic heterocycles. The van der Waals surface area contributed by atoms with Crippen molar-refractivity contribution in [3.05, 3.63) is 52.9 Å². The maximum absolute atomic E-state index is 12.5. The molecule has 1 heterocycles. The van der Waals surface area contributed by atoms with Crippen LogP contribution in [0.2, 0.25) is 0 Å². The van der Waals surface area contributed by atoms with Crippen LogP contribution in [0.25, 0.3) is 16.1 Å². The Morgan fingerprint density at radius 2 is 2.11 bits per heavy atom. The van der Waals surface area contributed by atoms with Crippen molar-refractivity contribution in [3.8, 4) is 5.69 Å². The van der Waals surface area contributed by atoms with Crippen LogP contribution < -0.4 is 0 Å². The number of imidazole rings is 1. The number of alkyl halides is 3. The van der Waals surface area contributed by atoms with Crippen molar-refractivity contribution in [2.45, 2.75) is 6.18 Å². The Bertz CT molecular complexity index is 596. The molecule has 0 N–H and O–H groups in total. The van der Waals surface area contributed by atoms with Crippen LogP contribution in [0.15, 0.2) is 42.0 Å². The molecule has 0 fully saturated rings. The molecule has 0 saturated carbocycles. The van der Waals surface area contributed by atoms with Crippen molar-refractivity contribution in [2.24, 2.45) is 5.11 Å². The highest BCUT2D eigenvalue weighted by molar-refractivity contribution is 5.58. The third-order valence-corrected chi connectivity index (χ3v) is 2.24. The van der Waals surface area contributed by atoms with Crippen LogP contribution in [0.4, 0.5) is 18.9 Å². The van der Waals surface area contributed by atoms with Gasteiger partial charge in [0.1, 0.15) is 0 Å². The molecule has 0 radical (unpaired) electrons. The summed E-state index contributed by atoms with van der Waals surface area (Å²) in [6.07, 6.45) is -0.0668. The van der Waals surface area contributed by atoms with Crippen molar-refractivity contribution >= 4 is 5.69 Å². The molecule has 2 rings (SSSR count). The maximum Gasteiger partial charge on any atom is 0.416 e. The first-order chi connectivity index (χ1) is 8.52. The fourth-order valence-corrected chi connectivity index (χ4v) is 1.45. The van der Waals surface area contributed by atoms with E-state index in [2.05, 4.69) is 15.0 Å². The average Bonchev–Trinajstić information content (AvgIpc) is 2.81. The van der Waals surface area contributed by atoms with Crippen LogP contribution in [0, 0.1) is 0 Å². The number of nitrogens with zero attached hydrogens (tertiary/aromatic N) is 5. The van der Waals surface area contributed by atoms with Gasteiger partial charge in [-0.25, -0.2) is 4.98 Å². The van der Waals surface area contributed by atoms with E-state index < -0.39 is 11.7 Å². The summed E-state index contributed by atoms with van der Waals surface area (Å²) in [6.45, 7) is 0. The number of rotatable bonds is 2. The Labute approximate surface area is 99.1 Å². The summed E-state index contributed by atoms with van der Waals surface area (Å²) in [6, 6.07) is 2.95. The van der Waals surface area contributed by atoms with E-state index in [1.54, 1.807) is 6.20 Å². The van der Waals surface area contributed by atoms with Crippen LogP contribution in [-0.4, -0.2) is 9.55 Å². The summed E-state index contributed by atoms with van der Waals surface area (Å²) in [4.78, 5) is 6.30.